The third-order valence-corrected chi connectivity index (χ3v) is 3.50. The second-order valence-corrected chi connectivity index (χ2v) is 5.57. The van der Waals surface area contributed by atoms with Crippen LogP contribution in [0.4, 0.5) is 8.78 Å². The minimum absolute atomic E-state index is 0.181. The molecule has 1 unspecified atom stereocenters. The van der Waals surface area contributed by atoms with Crippen LogP contribution in [0.5, 0.6) is 0 Å². The van der Waals surface area contributed by atoms with Crippen molar-refractivity contribution in [1.82, 2.24) is 9.71 Å². The number of sulfonamides is 1. The van der Waals surface area contributed by atoms with Crippen LogP contribution in [0, 0.1) is 0 Å². The van der Waals surface area contributed by atoms with Gasteiger partial charge >= 0.3 is 0 Å². The molecule has 2 N–H and O–H groups in total. The number of pyridine rings is 1. The number of aliphatic hydroxyl groups is 1. The van der Waals surface area contributed by atoms with E-state index in [1.807, 2.05) is 4.72 Å². The van der Waals surface area contributed by atoms with Gasteiger partial charge in [0.1, 0.15) is 6.10 Å². The maximum atomic E-state index is 12.0. The van der Waals surface area contributed by atoms with Crippen LogP contribution in [0.1, 0.15) is 5.69 Å². The first-order valence-electron chi connectivity index (χ1n) is 5.24. The Morgan fingerprint density at radius 1 is 1.39 bits per heavy atom. The quantitative estimate of drug-likeness (QED) is 0.746. The SMILES string of the molecule is O=S(=O)(CCc1ccccn1)NCC(O)C(F)F. The van der Waals surface area contributed by atoms with E-state index in [0.717, 1.165) is 0 Å². The molecule has 1 rings (SSSR count). The van der Waals surface area contributed by atoms with Crippen LogP contribution >= 0.6 is 0 Å². The van der Waals surface area contributed by atoms with E-state index in [2.05, 4.69) is 4.98 Å². The highest BCUT2D eigenvalue weighted by atomic mass is 32.2. The highest BCUT2D eigenvalue weighted by Crippen LogP contribution is 2.01. The Balaban J connectivity index is 2.41. The van der Waals surface area contributed by atoms with Crippen LogP contribution in [0.25, 0.3) is 0 Å². The summed E-state index contributed by atoms with van der Waals surface area (Å²) in [6, 6.07) is 5.10. The van der Waals surface area contributed by atoms with Crippen LogP contribution in [0.3, 0.4) is 0 Å². The van der Waals surface area contributed by atoms with E-state index in [9.17, 15) is 17.2 Å². The topological polar surface area (TPSA) is 79.3 Å². The van der Waals surface area contributed by atoms with Crippen molar-refractivity contribution in [2.24, 2.45) is 0 Å². The third-order valence-electron chi connectivity index (χ3n) is 2.16. The van der Waals surface area contributed by atoms with Crippen molar-refractivity contribution in [3.8, 4) is 0 Å². The Labute approximate surface area is 104 Å². The number of hydrogen-bond donors (Lipinski definition) is 2. The number of hydrogen-bond acceptors (Lipinski definition) is 4. The summed E-state index contributed by atoms with van der Waals surface area (Å²) in [5.74, 6) is -0.264. The lowest BCUT2D eigenvalue weighted by Crippen LogP contribution is -2.37. The monoisotopic (exact) mass is 280 g/mol. The first-order chi connectivity index (χ1) is 8.41. The zero-order valence-corrected chi connectivity index (χ0v) is 10.3. The smallest absolute Gasteiger partial charge is 0.265 e. The van der Waals surface area contributed by atoms with Crippen molar-refractivity contribution in [2.45, 2.75) is 19.0 Å². The number of halogens is 2. The first-order valence-corrected chi connectivity index (χ1v) is 6.89. The molecule has 1 atom stereocenters. The number of aliphatic hydroxyl groups excluding tert-OH is 1. The van der Waals surface area contributed by atoms with Gasteiger partial charge in [0.05, 0.1) is 5.75 Å². The van der Waals surface area contributed by atoms with Crippen molar-refractivity contribution in [1.29, 1.82) is 0 Å². The van der Waals surface area contributed by atoms with Gasteiger partial charge in [0.2, 0.25) is 10.0 Å². The van der Waals surface area contributed by atoms with Crippen molar-refractivity contribution >= 4 is 10.0 Å². The number of nitrogens with one attached hydrogen (secondary N) is 1. The summed E-state index contributed by atoms with van der Waals surface area (Å²) in [4.78, 5) is 3.94. The minimum atomic E-state index is -3.69. The maximum absolute atomic E-state index is 12.0. The van der Waals surface area contributed by atoms with Gasteiger partial charge in [-0.1, -0.05) is 6.07 Å². The molecule has 0 aromatic carbocycles. The molecule has 0 radical (unpaired) electrons. The molecule has 0 saturated heterocycles. The standard InChI is InChI=1S/C10H14F2N2O3S/c11-10(12)9(15)7-14-18(16,17)6-4-8-3-1-2-5-13-8/h1-3,5,9-10,14-15H,4,6-7H2. The largest absolute Gasteiger partial charge is 0.386 e. The van der Waals surface area contributed by atoms with E-state index in [1.165, 1.54) is 6.20 Å². The molecule has 0 aliphatic carbocycles. The van der Waals surface area contributed by atoms with E-state index in [4.69, 9.17) is 5.11 Å². The maximum Gasteiger partial charge on any atom is 0.265 e. The Morgan fingerprint density at radius 2 is 2.11 bits per heavy atom. The first kappa shape index (κ1) is 14.9. The molecule has 1 aromatic heterocycles. The third kappa shape index (κ3) is 5.48. The van der Waals surface area contributed by atoms with Gasteiger partial charge in [-0.25, -0.2) is 21.9 Å². The predicted molar refractivity (Wildman–Crippen MR) is 61.7 cm³/mol. The predicted octanol–water partition coefficient (Wildman–Crippen LogP) is 0.169. The molecule has 1 heterocycles. The highest BCUT2D eigenvalue weighted by molar-refractivity contribution is 7.89. The lowest BCUT2D eigenvalue weighted by molar-refractivity contribution is -0.000449. The molecule has 0 aliphatic rings. The van der Waals surface area contributed by atoms with Gasteiger partial charge in [-0.15, -0.1) is 0 Å². The second kappa shape index (κ2) is 6.72. The van der Waals surface area contributed by atoms with E-state index in [-0.39, 0.29) is 12.2 Å². The summed E-state index contributed by atoms with van der Waals surface area (Å²) in [6.45, 7) is -0.692. The van der Waals surface area contributed by atoms with E-state index < -0.39 is 29.1 Å². The summed E-state index contributed by atoms with van der Waals surface area (Å²) >= 11 is 0. The van der Waals surface area contributed by atoms with Gasteiger partial charge in [-0.3, -0.25) is 4.98 Å². The van der Waals surface area contributed by atoms with Crippen LogP contribution in [0.2, 0.25) is 0 Å². The van der Waals surface area contributed by atoms with Crippen molar-refractivity contribution in [2.75, 3.05) is 12.3 Å². The summed E-state index contributed by atoms with van der Waals surface area (Å²) in [7, 11) is -3.69. The van der Waals surface area contributed by atoms with E-state index >= 15 is 0 Å². The molecule has 0 aliphatic heterocycles. The van der Waals surface area contributed by atoms with Crippen LogP contribution in [0.15, 0.2) is 24.4 Å². The number of aromatic nitrogens is 1. The molecule has 102 valence electrons. The Bertz CT molecular complexity index is 453. The average molecular weight is 280 g/mol. The number of alkyl halides is 2. The molecular formula is C10H14F2N2O3S. The number of rotatable bonds is 7. The molecule has 1 aromatic rings. The van der Waals surface area contributed by atoms with Crippen LogP contribution < -0.4 is 4.72 Å². The lowest BCUT2D eigenvalue weighted by Gasteiger charge is -2.11. The fourth-order valence-corrected chi connectivity index (χ4v) is 2.21. The summed E-state index contributed by atoms with van der Waals surface area (Å²) in [5, 5.41) is 8.79. The lowest BCUT2D eigenvalue weighted by atomic mass is 10.3. The molecule has 5 nitrogen and oxygen atoms in total. The molecule has 0 amide bonds. The molecule has 0 spiro atoms. The Hall–Kier alpha value is -1.12. The van der Waals surface area contributed by atoms with Gasteiger partial charge in [-0.05, 0) is 12.1 Å². The van der Waals surface area contributed by atoms with Crippen LogP contribution in [-0.4, -0.2) is 43.3 Å². The number of nitrogens with zero attached hydrogens (tertiary/aromatic N) is 1. The molecule has 0 fully saturated rings. The molecule has 18 heavy (non-hydrogen) atoms. The Morgan fingerprint density at radius 3 is 2.67 bits per heavy atom. The fourth-order valence-electron chi connectivity index (χ4n) is 1.16. The summed E-state index contributed by atoms with van der Waals surface area (Å²) in [6.07, 6.45) is -3.24. The highest BCUT2D eigenvalue weighted by Gasteiger charge is 2.19. The van der Waals surface area contributed by atoms with E-state index in [1.54, 1.807) is 18.2 Å². The zero-order valence-electron chi connectivity index (χ0n) is 9.46. The number of aryl methyl sites for hydroxylation is 1. The Kier molecular flexibility index (Phi) is 5.57. The minimum Gasteiger partial charge on any atom is -0.386 e. The molecule has 0 bridgehead atoms. The molecule has 0 saturated carbocycles. The second-order valence-electron chi connectivity index (χ2n) is 3.64. The van der Waals surface area contributed by atoms with Gasteiger partial charge < -0.3 is 5.11 Å². The van der Waals surface area contributed by atoms with Crippen LogP contribution in [-0.2, 0) is 16.4 Å². The molecule has 8 heteroatoms. The molecular weight excluding hydrogens is 266 g/mol. The van der Waals surface area contributed by atoms with E-state index in [0.29, 0.717) is 5.69 Å². The summed E-state index contributed by atoms with van der Waals surface area (Å²) in [5.41, 5.74) is 0.595. The van der Waals surface area contributed by atoms with Crippen molar-refractivity contribution < 1.29 is 22.3 Å². The zero-order chi connectivity index (χ0) is 13.6. The van der Waals surface area contributed by atoms with Gasteiger partial charge in [0, 0.05) is 24.9 Å². The summed E-state index contributed by atoms with van der Waals surface area (Å²) < 4.78 is 48.7. The van der Waals surface area contributed by atoms with Gasteiger partial charge in [0.15, 0.2) is 0 Å². The van der Waals surface area contributed by atoms with Gasteiger partial charge in [0.25, 0.3) is 6.43 Å². The normalized spacial score (nSPS) is 13.8. The average Bonchev–Trinajstić information content (AvgIpc) is 2.35. The fraction of sp³-hybridized carbons (Fsp3) is 0.500. The van der Waals surface area contributed by atoms with Crippen molar-refractivity contribution in [3.63, 3.8) is 0 Å². The van der Waals surface area contributed by atoms with Crippen molar-refractivity contribution in [3.05, 3.63) is 30.1 Å². The van der Waals surface area contributed by atoms with Gasteiger partial charge in [-0.2, -0.15) is 0 Å².